The molecular formula is C15H25FN2OS. The minimum Gasteiger partial charge on any atom is -0.346 e. The van der Waals surface area contributed by atoms with Gasteiger partial charge in [-0.15, -0.1) is 0 Å². The van der Waals surface area contributed by atoms with Crippen molar-refractivity contribution in [2.45, 2.75) is 71.3 Å². The Morgan fingerprint density at radius 2 is 1.95 bits per heavy atom. The largest absolute Gasteiger partial charge is 0.346 e. The Morgan fingerprint density at radius 1 is 1.30 bits per heavy atom. The van der Waals surface area contributed by atoms with E-state index < -0.39 is 5.26 Å². The molecule has 1 heterocycles. The number of carbonyl (C=O) groups is 1. The van der Waals surface area contributed by atoms with Gasteiger partial charge in [0, 0.05) is 10.9 Å². The van der Waals surface area contributed by atoms with Gasteiger partial charge in [-0.3, -0.25) is 4.79 Å². The second-order valence-electron chi connectivity index (χ2n) is 5.56. The van der Waals surface area contributed by atoms with E-state index in [1.54, 1.807) is 0 Å². The average Bonchev–Trinajstić information content (AvgIpc) is 2.84. The number of amides is 1. The van der Waals surface area contributed by atoms with E-state index in [1.165, 1.54) is 11.8 Å². The highest BCUT2D eigenvalue weighted by atomic mass is 32.1. The number of halogens is 1. The molecule has 20 heavy (non-hydrogen) atoms. The van der Waals surface area contributed by atoms with Gasteiger partial charge in [-0.2, -0.15) is 4.39 Å². The number of thiazole rings is 1. The lowest BCUT2D eigenvalue weighted by Crippen LogP contribution is -2.46. The van der Waals surface area contributed by atoms with Crippen LogP contribution >= 0.6 is 11.3 Å². The summed E-state index contributed by atoms with van der Waals surface area (Å²) < 4.78 is 12.9. The van der Waals surface area contributed by atoms with Gasteiger partial charge >= 0.3 is 0 Å². The molecule has 1 unspecified atom stereocenters. The lowest BCUT2D eigenvalue weighted by atomic mass is 9.88. The first-order valence-electron chi connectivity index (χ1n) is 7.44. The van der Waals surface area contributed by atoms with Gasteiger partial charge in [-0.05, 0) is 19.8 Å². The zero-order valence-electron chi connectivity index (χ0n) is 12.7. The molecule has 114 valence electrons. The number of aromatic nitrogens is 1. The number of rotatable bonds is 9. The summed E-state index contributed by atoms with van der Waals surface area (Å²) >= 11 is 0.859. The molecule has 0 saturated heterocycles. The molecule has 5 heteroatoms. The van der Waals surface area contributed by atoms with E-state index >= 15 is 0 Å². The van der Waals surface area contributed by atoms with Crippen LogP contribution in [0.3, 0.4) is 0 Å². The smallest absolute Gasteiger partial charge is 0.271 e. The van der Waals surface area contributed by atoms with Gasteiger partial charge in [-0.1, -0.05) is 57.3 Å². The van der Waals surface area contributed by atoms with Crippen molar-refractivity contribution in [2.24, 2.45) is 0 Å². The first-order chi connectivity index (χ1) is 9.50. The van der Waals surface area contributed by atoms with Crippen LogP contribution in [0.2, 0.25) is 0 Å². The van der Waals surface area contributed by atoms with Crippen molar-refractivity contribution in [3.8, 4) is 0 Å². The maximum atomic E-state index is 12.9. The topological polar surface area (TPSA) is 42.0 Å². The van der Waals surface area contributed by atoms with E-state index in [4.69, 9.17) is 0 Å². The molecule has 1 N–H and O–H groups in total. The van der Waals surface area contributed by atoms with Crippen molar-refractivity contribution in [2.75, 3.05) is 0 Å². The predicted octanol–water partition coefficient (Wildman–Crippen LogP) is 4.54. The molecule has 0 radical (unpaired) electrons. The summed E-state index contributed by atoms with van der Waals surface area (Å²) in [7, 11) is 0. The summed E-state index contributed by atoms with van der Waals surface area (Å²) in [5.41, 5.74) is -0.0340. The van der Waals surface area contributed by atoms with E-state index in [0.717, 1.165) is 49.9 Å². The fraction of sp³-hybridized carbons (Fsp3) is 0.733. The fourth-order valence-electron chi connectivity index (χ4n) is 2.28. The Labute approximate surface area is 125 Å². The quantitative estimate of drug-likeness (QED) is 0.680. The molecule has 1 aromatic heterocycles. The molecule has 0 aromatic carbocycles. The number of nitrogens with zero attached hydrogens (tertiary/aromatic N) is 1. The van der Waals surface area contributed by atoms with Crippen LogP contribution in [0.15, 0.2) is 5.38 Å². The molecule has 0 aliphatic rings. The molecule has 0 aliphatic carbocycles. The zero-order valence-corrected chi connectivity index (χ0v) is 13.5. The lowest BCUT2D eigenvalue weighted by Gasteiger charge is -2.31. The molecule has 0 bridgehead atoms. The van der Waals surface area contributed by atoms with Crippen LogP contribution in [-0.4, -0.2) is 16.4 Å². The standard InChI is InChI=1S/C15H25FN2OS/c1-4-6-8-10-15(3,9-7-5-2)18-13(19)12-11-20-14(16)17-12/h11H,4-10H2,1-3H3,(H,18,19). The maximum absolute atomic E-state index is 12.9. The molecule has 1 atom stereocenters. The zero-order chi connectivity index (χ0) is 15.0. The maximum Gasteiger partial charge on any atom is 0.271 e. The van der Waals surface area contributed by atoms with Gasteiger partial charge in [0.05, 0.1) is 0 Å². The van der Waals surface area contributed by atoms with Gasteiger partial charge in [0.15, 0.2) is 0 Å². The molecular weight excluding hydrogens is 275 g/mol. The minimum atomic E-state index is -0.559. The van der Waals surface area contributed by atoms with Crippen LogP contribution in [0.25, 0.3) is 0 Å². The van der Waals surface area contributed by atoms with Crippen molar-refractivity contribution < 1.29 is 9.18 Å². The van der Waals surface area contributed by atoms with Gasteiger partial charge in [0.2, 0.25) is 0 Å². The highest BCUT2D eigenvalue weighted by Gasteiger charge is 2.26. The molecule has 0 saturated carbocycles. The van der Waals surface area contributed by atoms with Crippen LogP contribution in [0.1, 0.15) is 76.2 Å². The van der Waals surface area contributed by atoms with Crippen molar-refractivity contribution in [1.29, 1.82) is 0 Å². The van der Waals surface area contributed by atoms with Crippen LogP contribution in [-0.2, 0) is 0 Å². The second kappa shape index (κ2) is 8.35. The fourth-order valence-corrected chi connectivity index (χ4v) is 2.80. The van der Waals surface area contributed by atoms with Crippen molar-refractivity contribution in [1.82, 2.24) is 10.3 Å². The summed E-state index contributed by atoms with van der Waals surface area (Å²) in [6.07, 6.45) is 7.52. The predicted molar refractivity (Wildman–Crippen MR) is 81.6 cm³/mol. The summed E-state index contributed by atoms with van der Waals surface area (Å²) in [6, 6.07) is 0. The number of carbonyl (C=O) groups excluding carboxylic acids is 1. The van der Waals surface area contributed by atoms with Crippen LogP contribution in [0.5, 0.6) is 0 Å². The summed E-state index contributed by atoms with van der Waals surface area (Å²) in [4.78, 5) is 15.7. The van der Waals surface area contributed by atoms with Crippen LogP contribution < -0.4 is 5.32 Å². The average molecular weight is 300 g/mol. The monoisotopic (exact) mass is 300 g/mol. The number of unbranched alkanes of at least 4 members (excludes halogenated alkanes) is 3. The Balaban J connectivity index is 2.64. The van der Waals surface area contributed by atoms with E-state index in [9.17, 15) is 9.18 Å². The Hall–Kier alpha value is -0.970. The van der Waals surface area contributed by atoms with E-state index in [1.807, 2.05) is 0 Å². The Morgan fingerprint density at radius 3 is 2.50 bits per heavy atom. The summed E-state index contributed by atoms with van der Waals surface area (Å²) in [5.74, 6) is -0.264. The third kappa shape index (κ3) is 5.57. The van der Waals surface area contributed by atoms with Gasteiger partial charge in [0.25, 0.3) is 11.2 Å². The highest BCUT2D eigenvalue weighted by molar-refractivity contribution is 7.08. The molecule has 0 fully saturated rings. The van der Waals surface area contributed by atoms with E-state index in [2.05, 4.69) is 31.1 Å². The van der Waals surface area contributed by atoms with Crippen molar-refractivity contribution in [3.63, 3.8) is 0 Å². The van der Waals surface area contributed by atoms with E-state index in [0.29, 0.717) is 0 Å². The molecule has 1 rings (SSSR count). The summed E-state index contributed by atoms with van der Waals surface area (Å²) in [5, 5.41) is 3.97. The Kier molecular flexibility index (Phi) is 7.13. The first kappa shape index (κ1) is 17.1. The first-order valence-corrected chi connectivity index (χ1v) is 8.32. The number of nitrogens with one attached hydrogen (secondary N) is 1. The molecule has 0 spiro atoms. The molecule has 3 nitrogen and oxygen atoms in total. The normalized spacial score (nSPS) is 14.0. The van der Waals surface area contributed by atoms with Crippen LogP contribution in [0.4, 0.5) is 4.39 Å². The second-order valence-corrected chi connectivity index (χ2v) is 6.37. The van der Waals surface area contributed by atoms with E-state index in [-0.39, 0.29) is 17.1 Å². The lowest BCUT2D eigenvalue weighted by molar-refractivity contribution is 0.0887. The van der Waals surface area contributed by atoms with Gasteiger partial charge < -0.3 is 5.32 Å². The SMILES string of the molecule is CCCCCC(C)(CCCC)NC(=O)c1csc(F)n1. The van der Waals surface area contributed by atoms with Gasteiger partial charge in [-0.25, -0.2) is 4.98 Å². The molecule has 1 aromatic rings. The number of hydrogen-bond donors (Lipinski definition) is 1. The van der Waals surface area contributed by atoms with Gasteiger partial charge in [0.1, 0.15) is 5.69 Å². The summed E-state index contributed by atoms with van der Waals surface area (Å²) in [6.45, 7) is 6.39. The van der Waals surface area contributed by atoms with Crippen molar-refractivity contribution in [3.05, 3.63) is 16.3 Å². The third-order valence-electron chi connectivity index (χ3n) is 3.54. The number of hydrogen-bond acceptors (Lipinski definition) is 3. The molecule has 1 amide bonds. The molecule has 0 aliphatic heterocycles. The highest BCUT2D eigenvalue weighted by Crippen LogP contribution is 2.22. The van der Waals surface area contributed by atoms with Crippen molar-refractivity contribution >= 4 is 17.2 Å². The third-order valence-corrected chi connectivity index (χ3v) is 4.17. The Bertz CT molecular complexity index is 422. The van der Waals surface area contributed by atoms with Crippen LogP contribution in [0, 0.1) is 5.26 Å². The minimum absolute atomic E-state index is 0.186.